The van der Waals surface area contributed by atoms with E-state index in [0.717, 1.165) is 16.7 Å². The number of hydrogen-bond acceptors (Lipinski definition) is 8. The fourth-order valence-electron chi connectivity index (χ4n) is 4.24. The Hall–Kier alpha value is -3.31. The third-order valence-corrected chi connectivity index (χ3v) is 7.32. The van der Waals surface area contributed by atoms with Crippen LogP contribution in [0.4, 0.5) is 5.69 Å². The summed E-state index contributed by atoms with van der Waals surface area (Å²) < 4.78 is 12.7. The number of nitrogens with zero attached hydrogens (tertiary/aromatic N) is 2. The Morgan fingerprint density at radius 2 is 1.62 bits per heavy atom. The van der Waals surface area contributed by atoms with E-state index in [9.17, 15) is 14.7 Å². The van der Waals surface area contributed by atoms with E-state index in [2.05, 4.69) is 15.3 Å². The van der Waals surface area contributed by atoms with Crippen molar-refractivity contribution in [1.29, 1.82) is 0 Å². The molecule has 0 aliphatic carbocycles. The number of anilines is 1. The summed E-state index contributed by atoms with van der Waals surface area (Å²) >= 11 is 1.54. The van der Waals surface area contributed by atoms with Crippen molar-refractivity contribution in [3.8, 4) is 0 Å². The van der Waals surface area contributed by atoms with Gasteiger partial charge in [-0.25, -0.2) is 9.97 Å². The number of carbonyl (C=O) groups excluding carboxylic acids is 1. The van der Waals surface area contributed by atoms with Gasteiger partial charge >= 0.3 is 5.97 Å². The number of aliphatic hydroxyl groups is 1. The van der Waals surface area contributed by atoms with Crippen molar-refractivity contribution in [1.82, 2.24) is 9.97 Å². The number of benzene rings is 2. The number of ether oxygens (including phenoxy) is 2. The lowest BCUT2D eigenvalue weighted by Gasteiger charge is -2.36. The average Bonchev–Trinajstić information content (AvgIpc) is 2.96. The molecule has 206 valence electrons. The van der Waals surface area contributed by atoms with Gasteiger partial charge in [0.2, 0.25) is 5.91 Å². The molecule has 0 spiro atoms. The summed E-state index contributed by atoms with van der Waals surface area (Å²) in [7, 11) is 0. The number of amides is 1. The third-order valence-electron chi connectivity index (χ3n) is 6.32. The summed E-state index contributed by atoms with van der Waals surface area (Å²) in [6, 6.07) is 16.9. The van der Waals surface area contributed by atoms with Crippen molar-refractivity contribution < 1.29 is 29.3 Å². The summed E-state index contributed by atoms with van der Waals surface area (Å²) in [6.07, 6.45) is 5.59. The molecule has 4 rings (SSSR count). The fraction of sp³-hybridized carbons (Fsp3) is 0.379. The molecule has 1 aromatic heterocycles. The quantitative estimate of drug-likeness (QED) is 0.147. The van der Waals surface area contributed by atoms with Gasteiger partial charge in [0.05, 0.1) is 18.8 Å². The van der Waals surface area contributed by atoms with Crippen molar-refractivity contribution in [2.75, 3.05) is 11.1 Å². The highest BCUT2D eigenvalue weighted by Crippen LogP contribution is 2.39. The van der Waals surface area contributed by atoms with E-state index < -0.39 is 12.3 Å². The van der Waals surface area contributed by atoms with Crippen LogP contribution < -0.4 is 5.32 Å². The van der Waals surface area contributed by atoms with E-state index in [-0.39, 0.29) is 31.1 Å². The van der Waals surface area contributed by atoms with Crippen LogP contribution in [0.1, 0.15) is 67.6 Å². The minimum atomic E-state index is -0.813. The minimum Gasteiger partial charge on any atom is -0.481 e. The Morgan fingerprint density at radius 3 is 2.31 bits per heavy atom. The Labute approximate surface area is 232 Å². The highest BCUT2D eigenvalue weighted by molar-refractivity contribution is 7.99. The second kappa shape index (κ2) is 14.7. The lowest BCUT2D eigenvalue weighted by atomic mass is 10.0. The number of nitrogens with one attached hydrogen (secondary N) is 1. The van der Waals surface area contributed by atoms with Crippen LogP contribution >= 0.6 is 11.8 Å². The standard InChI is InChI=1S/C29H33N3O6S/c33-18-20-7-9-21(10-8-20)25-17-24(19-39-29-30-15-4-16-31-29)37-28(38-25)22-11-13-23(14-12-22)32-26(34)5-2-1-3-6-27(35)36/h4,7-16,24-25,28,33H,1-3,5-6,17-19H2,(H,32,34)(H,35,36)/t24-,25+,28+/m1/s1. The van der Waals surface area contributed by atoms with Crippen molar-refractivity contribution in [3.63, 3.8) is 0 Å². The molecule has 1 aliphatic rings. The number of carboxylic acid groups (broad SMARTS) is 1. The Balaban J connectivity index is 1.38. The summed E-state index contributed by atoms with van der Waals surface area (Å²) in [5.74, 6) is -0.253. The summed E-state index contributed by atoms with van der Waals surface area (Å²) in [5.41, 5.74) is 3.37. The van der Waals surface area contributed by atoms with Gasteiger partial charge in [-0.2, -0.15) is 0 Å². The van der Waals surface area contributed by atoms with Crippen molar-refractivity contribution in [2.45, 2.75) is 68.8 Å². The minimum absolute atomic E-state index is 0.0124. The van der Waals surface area contributed by atoms with E-state index >= 15 is 0 Å². The Morgan fingerprint density at radius 1 is 0.923 bits per heavy atom. The molecule has 1 amide bonds. The van der Waals surface area contributed by atoms with Gasteiger partial charge in [0.15, 0.2) is 11.4 Å². The maximum absolute atomic E-state index is 12.3. The number of hydrogen-bond donors (Lipinski definition) is 3. The van der Waals surface area contributed by atoms with E-state index in [0.29, 0.717) is 48.7 Å². The molecule has 9 nitrogen and oxygen atoms in total. The Kier molecular flexibility index (Phi) is 10.8. The van der Waals surface area contributed by atoms with Crippen LogP contribution in [0, 0.1) is 0 Å². The summed E-state index contributed by atoms with van der Waals surface area (Å²) in [5, 5.41) is 21.7. The number of aliphatic hydroxyl groups excluding tert-OH is 1. The van der Waals surface area contributed by atoms with Gasteiger partial charge in [-0.15, -0.1) is 0 Å². The highest BCUT2D eigenvalue weighted by Gasteiger charge is 2.32. The van der Waals surface area contributed by atoms with E-state index in [1.165, 1.54) is 11.8 Å². The van der Waals surface area contributed by atoms with Crippen molar-refractivity contribution >= 4 is 29.3 Å². The fourth-order valence-corrected chi connectivity index (χ4v) is 5.06. The molecule has 0 unspecified atom stereocenters. The van der Waals surface area contributed by atoms with Crippen LogP contribution in [-0.4, -0.2) is 43.9 Å². The number of thioether (sulfide) groups is 1. The maximum atomic E-state index is 12.3. The zero-order valence-electron chi connectivity index (χ0n) is 21.6. The predicted octanol–water partition coefficient (Wildman–Crippen LogP) is 5.28. The van der Waals surface area contributed by atoms with Gasteiger partial charge in [0.1, 0.15) is 0 Å². The predicted molar refractivity (Wildman–Crippen MR) is 147 cm³/mol. The van der Waals surface area contributed by atoms with E-state index in [4.69, 9.17) is 14.6 Å². The molecule has 3 atom stereocenters. The van der Waals surface area contributed by atoms with Gasteiger partial charge < -0.3 is 25.0 Å². The topological polar surface area (TPSA) is 131 Å². The summed E-state index contributed by atoms with van der Waals surface area (Å²) in [4.78, 5) is 31.4. The molecular formula is C29H33N3O6S. The normalized spacial score (nSPS) is 18.9. The van der Waals surface area contributed by atoms with Crippen LogP contribution in [0.3, 0.4) is 0 Å². The molecule has 10 heteroatoms. The zero-order valence-corrected chi connectivity index (χ0v) is 22.4. The van der Waals surface area contributed by atoms with Crippen LogP contribution in [0.15, 0.2) is 72.1 Å². The number of carboxylic acids is 1. The monoisotopic (exact) mass is 551 g/mol. The third kappa shape index (κ3) is 9.14. The van der Waals surface area contributed by atoms with E-state index in [1.54, 1.807) is 18.5 Å². The first kappa shape index (κ1) is 28.7. The molecule has 0 bridgehead atoms. The molecule has 3 aromatic rings. The Bertz CT molecular complexity index is 1190. The molecule has 0 saturated carbocycles. The SMILES string of the molecule is O=C(O)CCCCCC(=O)Nc1ccc([C@H]2O[C@@H](CSc3ncccn3)C[C@@H](c3ccc(CO)cc3)O2)cc1. The maximum Gasteiger partial charge on any atom is 0.303 e. The van der Waals surface area contributed by atoms with Crippen LogP contribution in [0.25, 0.3) is 0 Å². The molecule has 3 N–H and O–H groups in total. The molecule has 39 heavy (non-hydrogen) atoms. The molecular weight excluding hydrogens is 518 g/mol. The number of aromatic nitrogens is 2. The molecule has 1 fully saturated rings. The first-order valence-corrected chi connectivity index (χ1v) is 14.0. The second-order valence-electron chi connectivity index (χ2n) is 9.32. The molecule has 2 aromatic carbocycles. The second-order valence-corrected chi connectivity index (χ2v) is 10.3. The summed E-state index contributed by atoms with van der Waals surface area (Å²) in [6.45, 7) is -0.0124. The average molecular weight is 552 g/mol. The van der Waals surface area contributed by atoms with Gasteiger partial charge in [-0.1, -0.05) is 54.6 Å². The molecule has 0 radical (unpaired) electrons. The zero-order chi connectivity index (χ0) is 27.5. The van der Waals surface area contributed by atoms with Crippen molar-refractivity contribution in [3.05, 3.63) is 83.7 Å². The number of rotatable bonds is 13. The lowest BCUT2D eigenvalue weighted by molar-refractivity contribution is -0.245. The molecule has 2 heterocycles. The van der Waals surface area contributed by atoms with Gasteiger partial charge in [-0.05, 0) is 42.2 Å². The number of unbranched alkanes of at least 4 members (excludes halogenated alkanes) is 2. The van der Waals surface area contributed by atoms with E-state index in [1.807, 2.05) is 48.5 Å². The molecule has 1 aliphatic heterocycles. The van der Waals surface area contributed by atoms with Crippen molar-refractivity contribution in [2.24, 2.45) is 0 Å². The first-order chi connectivity index (χ1) is 19.0. The number of carbonyl (C=O) groups is 2. The first-order valence-electron chi connectivity index (χ1n) is 13.0. The lowest BCUT2D eigenvalue weighted by Crippen LogP contribution is -2.31. The van der Waals surface area contributed by atoms with Crippen LogP contribution in [-0.2, 0) is 25.7 Å². The van der Waals surface area contributed by atoms with Gasteiger partial charge in [0, 0.05) is 48.7 Å². The van der Waals surface area contributed by atoms with Crippen LogP contribution in [0.5, 0.6) is 0 Å². The van der Waals surface area contributed by atoms with Crippen LogP contribution in [0.2, 0.25) is 0 Å². The number of aliphatic carboxylic acids is 1. The highest BCUT2D eigenvalue weighted by atomic mass is 32.2. The molecule has 1 saturated heterocycles. The van der Waals surface area contributed by atoms with Gasteiger partial charge in [-0.3, -0.25) is 9.59 Å². The van der Waals surface area contributed by atoms with Gasteiger partial charge in [0.25, 0.3) is 0 Å². The largest absolute Gasteiger partial charge is 0.481 e. The smallest absolute Gasteiger partial charge is 0.303 e.